The molecule has 1 heterocycles. The molecule has 0 fully saturated rings. The Morgan fingerprint density at radius 3 is 2.65 bits per heavy atom. The summed E-state index contributed by atoms with van der Waals surface area (Å²) in [5, 5.41) is 2.76. The zero-order valence-electron chi connectivity index (χ0n) is 10.4. The summed E-state index contributed by atoms with van der Waals surface area (Å²) in [5.74, 6) is -0.116. The number of amides is 1. The fourth-order valence-corrected chi connectivity index (χ4v) is 1.91. The molecule has 1 unspecified atom stereocenters. The van der Waals surface area contributed by atoms with Gasteiger partial charge in [-0.15, -0.1) is 0 Å². The van der Waals surface area contributed by atoms with E-state index in [2.05, 4.69) is 15.3 Å². The van der Waals surface area contributed by atoms with Gasteiger partial charge in [0.25, 0.3) is 0 Å². The number of carbonyl (C=O) groups excluding carboxylic acids is 1. The summed E-state index contributed by atoms with van der Waals surface area (Å²) < 4.78 is 0. The van der Waals surface area contributed by atoms with Gasteiger partial charge in [-0.05, 0) is 5.56 Å². The van der Waals surface area contributed by atoms with Crippen LogP contribution in [0.4, 0.5) is 5.82 Å². The molecule has 0 aliphatic rings. The van der Waals surface area contributed by atoms with Crippen molar-refractivity contribution in [2.45, 2.75) is 12.5 Å². The number of hydrogen-bond acceptors (Lipinski definition) is 4. The molecular formula is C13H12Cl2N4O. The zero-order valence-corrected chi connectivity index (χ0v) is 11.9. The number of nitrogens with zero attached hydrogens (tertiary/aromatic N) is 2. The molecule has 2 rings (SSSR count). The molecule has 0 spiro atoms. The molecule has 0 bridgehead atoms. The maximum absolute atomic E-state index is 11.9. The smallest absolute Gasteiger partial charge is 0.227 e. The normalized spacial score (nSPS) is 11.9. The van der Waals surface area contributed by atoms with Crippen LogP contribution in [0.25, 0.3) is 0 Å². The van der Waals surface area contributed by atoms with E-state index >= 15 is 0 Å². The third-order valence-electron chi connectivity index (χ3n) is 2.64. The van der Waals surface area contributed by atoms with Crippen molar-refractivity contribution in [3.8, 4) is 0 Å². The van der Waals surface area contributed by atoms with Crippen LogP contribution in [0.2, 0.25) is 10.2 Å². The van der Waals surface area contributed by atoms with Crippen molar-refractivity contribution >= 4 is 34.9 Å². The highest BCUT2D eigenvalue weighted by Gasteiger charge is 2.14. The second-order valence-corrected chi connectivity index (χ2v) is 4.83. The van der Waals surface area contributed by atoms with Crippen molar-refractivity contribution in [1.82, 2.24) is 9.97 Å². The number of benzene rings is 1. The quantitative estimate of drug-likeness (QED) is 0.851. The van der Waals surface area contributed by atoms with Crippen molar-refractivity contribution in [3.05, 3.63) is 52.4 Å². The van der Waals surface area contributed by atoms with Crippen LogP contribution < -0.4 is 11.1 Å². The third-order valence-corrected chi connectivity index (χ3v) is 3.38. The number of rotatable bonds is 4. The molecule has 0 radical (unpaired) electrons. The lowest BCUT2D eigenvalue weighted by Crippen LogP contribution is -2.21. The minimum Gasteiger partial charge on any atom is -0.324 e. The van der Waals surface area contributed by atoms with Gasteiger partial charge >= 0.3 is 0 Å². The maximum atomic E-state index is 11.9. The maximum Gasteiger partial charge on any atom is 0.227 e. The van der Waals surface area contributed by atoms with Gasteiger partial charge in [0, 0.05) is 12.5 Å². The second-order valence-electron chi connectivity index (χ2n) is 4.10. The van der Waals surface area contributed by atoms with E-state index in [1.54, 1.807) is 0 Å². The minimum absolute atomic E-state index is 0.0873. The first-order valence-electron chi connectivity index (χ1n) is 5.84. The third kappa shape index (κ3) is 3.66. The summed E-state index contributed by atoms with van der Waals surface area (Å²) in [6.07, 6.45) is 1.34. The van der Waals surface area contributed by atoms with Gasteiger partial charge in [0.2, 0.25) is 5.91 Å². The van der Waals surface area contributed by atoms with Gasteiger partial charge < -0.3 is 11.1 Å². The number of hydrogen-bond donors (Lipinski definition) is 2. The van der Waals surface area contributed by atoms with Gasteiger partial charge in [0.05, 0.1) is 0 Å². The SMILES string of the molecule is NC(CC(=O)Nc1ncnc(Cl)c1Cl)c1ccccc1. The number of halogens is 2. The molecule has 0 aliphatic heterocycles. The molecule has 20 heavy (non-hydrogen) atoms. The van der Waals surface area contributed by atoms with E-state index in [4.69, 9.17) is 28.9 Å². The highest BCUT2D eigenvalue weighted by atomic mass is 35.5. The number of carbonyl (C=O) groups is 1. The van der Waals surface area contributed by atoms with E-state index in [0.29, 0.717) is 0 Å². The van der Waals surface area contributed by atoms with Crippen LogP contribution in [0.1, 0.15) is 18.0 Å². The van der Waals surface area contributed by atoms with E-state index in [-0.39, 0.29) is 28.3 Å². The number of nitrogens with one attached hydrogen (secondary N) is 1. The first kappa shape index (κ1) is 14.7. The van der Waals surface area contributed by atoms with Gasteiger partial charge in [-0.1, -0.05) is 53.5 Å². The Kier molecular flexibility index (Phi) is 4.89. The lowest BCUT2D eigenvalue weighted by molar-refractivity contribution is -0.116. The lowest BCUT2D eigenvalue weighted by Gasteiger charge is -2.12. The molecule has 3 N–H and O–H groups in total. The summed E-state index contributed by atoms with van der Waals surface area (Å²) in [5.41, 5.74) is 6.85. The molecular weight excluding hydrogens is 299 g/mol. The Bertz CT molecular complexity index is 607. The van der Waals surface area contributed by atoms with Crippen molar-refractivity contribution in [2.24, 2.45) is 5.73 Å². The van der Waals surface area contributed by atoms with Crippen LogP contribution in [0.5, 0.6) is 0 Å². The van der Waals surface area contributed by atoms with Crippen molar-refractivity contribution < 1.29 is 4.79 Å². The fraction of sp³-hybridized carbons (Fsp3) is 0.154. The fourth-order valence-electron chi connectivity index (χ4n) is 1.64. The number of anilines is 1. The predicted octanol–water partition coefficient (Wildman–Crippen LogP) is 2.81. The Morgan fingerprint density at radius 2 is 1.95 bits per heavy atom. The molecule has 2 aromatic rings. The largest absolute Gasteiger partial charge is 0.324 e. The van der Waals surface area contributed by atoms with E-state index in [9.17, 15) is 4.79 Å². The molecule has 1 amide bonds. The average Bonchev–Trinajstić information content (AvgIpc) is 2.45. The standard InChI is InChI=1S/C13H12Cl2N4O/c14-11-12(15)17-7-18-13(11)19-10(20)6-9(16)8-4-2-1-3-5-8/h1-5,7,9H,6,16H2,(H,17,18,19,20). The summed E-state index contributed by atoms with van der Waals surface area (Å²) in [6, 6.07) is 8.97. The lowest BCUT2D eigenvalue weighted by atomic mass is 10.0. The molecule has 7 heteroatoms. The Hall–Kier alpha value is -1.69. The van der Waals surface area contributed by atoms with Crippen LogP contribution in [-0.4, -0.2) is 15.9 Å². The number of nitrogens with two attached hydrogens (primary N) is 1. The van der Waals surface area contributed by atoms with Gasteiger partial charge in [-0.3, -0.25) is 4.79 Å². The monoisotopic (exact) mass is 310 g/mol. The Labute approximate surface area is 126 Å². The summed E-state index contributed by atoms with van der Waals surface area (Å²) in [4.78, 5) is 19.5. The first-order chi connectivity index (χ1) is 9.58. The predicted molar refractivity (Wildman–Crippen MR) is 78.7 cm³/mol. The van der Waals surface area contributed by atoms with Crippen molar-refractivity contribution in [1.29, 1.82) is 0 Å². The summed E-state index contributed by atoms with van der Waals surface area (Å²) in [7, 11) is 0. The van der Waals surface area contributed by atoms with Crippen LogP contribution >= 0.6 is 23.2 Å². The van der Waals surface area contributed by atoms with Gasteiger partial charge in [-0.2, -0.15) is 0 Å². The van der Waals surface area contributed by atoms with Crippen LogP contribution in [0.3, 0.4) is 0 Å². The molecule has 1 aromatic heterocycles. The topological polar surface area (TPSA) is 80.9 Å². The summed E-state index contributed by atoms with van der Waals surface area (Å²) >= 11 is 11.6. The minimum atomic E-state index is -0.396. The van der Waals surface area contributed by atoms with Gasteiger partial charge in [0.15, 0.2) is 11.0 Å². The van der Waals surface area contributed by atoms with Crippen molar-refractivity contribution in [3.63, 3.8) is 0 Å². The zero-order chi connectivity index (χ0) is 14.5. The van der Waals surface area contributed by atoms with E-state index in [0.717, 1.165) is 5.56 Å². The molecule has 1 atom stereocenters. The molecule has 5 nitrogen and oxygen atoms in total. The first-order valence-corrected chi connectivity index (χ1v) is 6.60. The average molecular weight is 311 g/mol. The highest BCUT2D eigenvalue weighted by Crippen LogP contribution is 2.25. The van der Waals surface area contributed by atoms with Gasteiger partial charge in [-0.25, -0.2) is 9.97 Å². The molecule has 0 aliphatic carbocycles. The van der Waals surface area contributed by atoms with Crippen LogP contribution in [0, 0.1) is 0 Å². The van der Waals surface area contributed by atoms with Crippen LogP contribution in [0.15, 0.2) is 36.7 Å². The Morgan fingerprint density at radius 1 is 1.25 bits per heavy atom. The Balaban J connectivity index is 2.01. The van der Waals surface area contributed by atoms with E-state index in [1.165, 1.54) is 6.33 Å². The molecule has 1 aromatic carbocycles. The molecule has 104 valence electrons. The molecule has 0 saturated heterocycles. The highest BCUT2D eigenvalue weighted by molar-refractivity contribution is 6.42. The second kappa shape index (κ2) is 6.65. The van der Waals surface area contributed by atoms with Crippen molar-refractivity contribution in [2.75, 3.05) is 5.32 Å². The summed E-state index contributed by atoms with van der Waals surface area (Å²) in [6.45, 7) is 0. The van der Waals surface area contributed by atoms with E-state index < -0.39 is 6.04 Å². The van der Waals surface area contributed by atoms with E-state index in [1.807, 2.05) is 30.3 Å². The van der Waals surface area contributed by atoms with Gasteiger partial charge in [0.1, 0.15) is 11.3 Å². The number of aromatic nitrogens is 2. The molecule has 0 saturated carbocycles. The van der Waals surface area contributed by atoms with Crippen LogP contribution in [-0.2, 0) is 4.79 Å².